The molecule has 1 saturated carbocycles. The molecule has 0 aliphatic heterocycles. The topological polar surface area (TPSA) is 85.8 Å². The molecule has 0 radical (unpaired) electrons. The minimum Gasteiger partial charge on any atom is -0.347 e. The number of hydrogen-bond acceptors (Lipinski definition) is 5. The molecule has 0 spiro atoms. The average molecular weight is 369 g/mol. The normalized spacial score (nSPS) is 13.7. The molecule has 2 aromatic heterocycles. The molecule has 4 rings (SSSR count). The highest BCUT2D eigenvalue weighted by molar-refractivity contribution is 5.79. The summed E-state index contributed by atoms with van der Waals surface area (Å²) in [6.45, 7) is 3.96. The number of nitrogens with zero attached hydrogens (tertiary/aromatic N) is 4. The van der Waals surface area contributed by atoms with E-state index < -0.39 is 0 Å². The first-order chi connectivity index (χ1) is 13.0. The van der Waals surface area contributed by atoms with Gasteiger partial charge in [0, 0.05) is 17.2 Å². The second kappa shape index (κ2) is 6.94. The minimum atomic E-state index is -0.300. The third-order valence-corrected chi connectivity index (χ3v) is 4.71. The molecule has 1 aliphatic carbocycles. The van der Waals surface area contributed by atoms with Gasteiger partial charge in [0.2, 0.25) is 11.8 Å². The minimum absolute atomic E-state index is 0.147. The molecule has 7 nitrogen and oxygen atoms in total. The van der Waals surface area contributed by atoms with Crippen LogP contribution in [0.2, 0.25) is 0 Å². The molecule has 1 aromatic carbocycles. The smallest absolute Gasteiger partial charge is 0.246 e. The van der Waals surface area contributed by atoms with Gasteiger partial charge in [-0.3, -0.25) is 4.79 Å². The van der Waals surface area contributed by atoms with Gasteiger partial charge in [0.15, 0.2) is 5.82 Å². The molecule has 1 amide bonds. The van der Waals surface area contributed by atoms with Crippen molar-refractivity contribution < 1.29 is 13.7 Å². The molecule has 3 aromatic rings. The lowest BCUT2D eigenvalue weighted by atomic mass is 10.1. The van der Waals surface area contributed by atoms with Gasteiger partial charge in [0.05, 0.1) is 24.3 Å². The lowest BCUT2D eigenvalue weighted by Gasteiger charge is -2.06. The first-order valence-electron chi connectivity index (χ1n) is 8.91. The van der Waals surface area contributed by atoms with E-state index in [-0.39, 0.29) is 24.7 Å². The van der Waals surface area contributed by atoms with Crippen LogP contribution in [0.3, 0.4) is 0 Å². The van der Waals surface area contributed by atoms with Crippen LogP contribution in [-0.2, 0) is 17.8 Å². The second-order valence-corrected chi connectivity index (χ2v) is 6.81. The van der Waals surface area contributed by atoms with Crippen LogP contribution in [0.1, 0.15) is 47.4 Å². The zero-order chi connectivity index (χ0) is 19.0. The Morgan fingerprint density at radius 1 is 1.30 bits per heavy atom. The van der Waals surface area contributed by atoms with Gasteiger partial charge in [-0.2, -0.15) is 10.1 Å². The summed E-state index contributed by atoms with van der Waals surface area (Å²) < 4.78 is 20.0. The van der Waals surface area contributed by atoms with Crippen LogP contribution in [0.15, 0.2) is 28.8 Å². The highest BCUT2D eigenvalue weighted by atomic mass is 19.1. The summed E-state index contributed by atoms with van der Waals surface area (Å²) in [4.78, 5) is 16.6. The van der Waals surface area contributed by atoms with Gasteiger partial charge in [-0.25, -0.2) is 9.07 Å². The Morgan fingerprint density at radius 2 is 2.04 bits per heavy atom. The lowest BCUT2D eigenvalue weighted by Crippen LogP contribution is -2.25. The molecular formula is C19H20FN5O2. The van der Waals surface area contributed by atoms with E-state index >= 15 is 0 Å². The van der Waals surface area contributed by atoms with Gasteiger partial charge >= 0.3 is 0 Å². The fourth-order valence-electron chi connectivity index (χ4n) is 3.01. The van der Waals surface area contributed by atoms with Crippen LogP contribution in [0.4, 0.5) is 4.39 Å². The van der Waals surface area contributed by atoms with Crippen LogP contribution < -0.4 is 5.32 Å². The highest BCUT2D eigenvalue weighted by Gasteiger charge is 2.28. The van der Waals surface area contributed by atoms with Gasteiger partial charge in [0.25, 0.3) is 0 Å². The molecule has 1 N–H and O–H groups in total. The van der Waals surface area contributed by atoms with Gasteiger partial charge in [-0.15, -0.1) is 0 Å². The van der Waals surface area contributed by atoms with E-state index in [1.54, 1.807) is 16.8 Å². The van der Waals surface area contributed by atoms with Gasteiger partial charge < -0.3 is 9.84 Å². The Kier molecular flexibility index (Phi) is 4.47. The van der Waals surface area contributed by atoms with Crippen molar-refractivity contribution in [2.75, 3.05) is 0 Å². The van der Waals surface area contributed by atoms with Crippen LogP contribution in [0, 0.1) is 19.7 Å². The van der Waals surface area contributed by atoms with Crippen molar-refractivity contribution in [2.45, 2.75) is 45.6 Å². The molecular weight excluding hydrogens is 349 g/mol. The molecule has 0 unspecified atom stereocenters. The number of carbonyl (C=O) groups is 1. The zero-order valence-corrected chi connectivity index (χ0v) is 15.2. The summed E-state index contributed by atoms with van der Waals surface area (Å²) in [5.74, 6) is 1.12. The first-order valence-corrected chi connectivity index (χ1v) is 8.91. The number of carbonyl (C=O) groups excluding carboxylic acids is 1. The Morgan fingerprint density at radius 3 is 2.74 bits per heavy atom. The first kappa shape index (κ1) is 17.4. The Balaban J connectivity index is 1.42. The Hall–Kier alpha value is -3.03. The average Bonchev–Trinajstić information content (AvgIpc) is 3.34. The number of rotatable bonds is 6. The van der Waals surface area contributed by atoms with Gasteiger partial charge in [-0.1, -0.05) is 5.16 Å². The number of benzene rings is 1. The molecule has 27 heavy (non-hydrogen) atoms. The SMILES string of the molecule is Cc1nn(-c2ccc(F)cc2)c(C)c1CC(=O)NCc1nc(C2CC2)no1. The summed E-state index contributed by atoms with van der Waals surface area (Å²) in [6, 6.07) is 6.09. The standard InChI is InChI=1S/C19H20FN5O2/c1-11-16(12(2)25(23-11)15-7-5-14(20)6-8-15)9-17(26)21-10-18-22-19(24-27-18)13-3-4-13/h5-8,13H,3-4,9-10H2,1-2H3,(H,21,26). The molecule has 2 heterocycles. The summed E-state index contributed by atoms with van der Waals surface area (Å²) in [5, 5.41) is 11.2. The van der Waals surface area contributed by atoms with Crippen molar-refractivity contribution >= 4 is 5.91 Å². The van der Waals surface area contributed by atoms with Crippen molar-refractivity contribution in [3.8, 4) is 5.69 Å². The molecule has 8 heteroatoms. The number of nitrogens with one attached hydrogen (secondary N) is 1. The number of aryl methyl sites for hydroxylation is 1. The Labute approximate surface area is 155 Å². The zero-order valence-electron chi connectivity index (χ0n) is 15.2. The summed E-state index contributed by atoms with van der Waals surface area (Å²) in [5.41, 5.74) is 3.21. The third kappa shape index (κ3) is 3.74. The van der Waals surface area contributed by atoms with Crippen molar-refractivity contribution in [3.05, 3.63) is 58.7 Å². The predicted octanol–water partition coefficient (Wildman–Crippen LogP) is 2.75. The van der Waals surface area contributed by atoms with Crippen LogP contribution in [0.25, 0.3) is 5.69 Å². The van der Waals surface area contributed by atoms with E-state index in [2.05, 4.69) is 20.6 Å². The summed E-state index contributed by atoms with van der Waals surface area (Å²) in [7, 11) is 0. The predicted molar refractivity (Wildman–Crippen MR) is 94.8 cm³/mol. The van der Waals surface area contributed by atoms with Gasteiger partial charge in [-0.05, 0) is 51.0 Å². The number of amides is 1. The monoisotopic (exact) mass is 369 g/mol. The van der Waals surface area contributed by atoms with E-state index in [0.29, 0.717) is 11.8 Å². The van der Waals surface area contributed by atoms with E-state index in [1.807, 2.05) is 13.8 Å². The van der Waals surface area contributed by atoms with Crippen molar-refractivity contribution in [3.63, 3.8) is 0 Å². The second-order valence-electron chi connectivity index (χ2n) is 6.81. The molecule has 1 fully saturated rings. The third-order valence-electron chi connectivity index (χ3n) is 4.71. The van der Waals surface area contributed by atoms with Crippen molar-refractivity contribution in [1.29, 1.82) is 0 Å². The van der Waals surface area contributed by atoms with Crippen LogP contribution >= 0.6 is 0 Å². The van der Waals surface area contributed by atoms with Crippen LogP contribution in [0.5, 0.6) is 0 Å². The quantitative estimate of drug-likeness (QED) is 0.722. The van der Waals surface area contributed by atoms with E-state index in [4.69, 9.17) is 4.52 Å². The van der Waals surface area contributed by atoms with Gasteiger partial charge in [0.1, 0.15) is 5.82 Å². The number of halogens is 1. The molecule has 0 atom stereocenters. The van der Waals surface area contributed by atoms with E-state index in [0.717, 1.165) is 41.3 Å². The lowest BCUT2D eigenvalue weighted by molar-refractivity contribution is -0.120. The van der Waals surface area contributed by atoms with Crippen LogP contribution in [-0.4, -0.2) is 25.8 Å². The number of aromatic nitrogens is 4. The highest BCUT2D eigenvalue weighted by Crippen LogP contribution is 2.38. The maximum atomic E-state index is 13.1. The van der Waals surface area contributed by atoms with E-state index in [9.17, 15) is 9.18 Å². The maximum absolute atomic E-state index is 13.1. The molecule has 1 aliphatic rings. The fraction of sp³-hybridized carbons (Fsp3) is 0.368. The number of hydrogen-bond donors (Lipinski definition) is 1. The molecule has 140 valence electrons. The molecule has 0 bridgehead atoms. The Bertz CT molecular complexity index is 973. The van der Waals surface area contributed by atoms with Crippen molar-refractivity contribution in [1.82, 2.24) is 25.2 Å². The summed E-state index contributed by atoms with van der Waals surface area (Å²) >= 11 is 0. The largest absolute Gasteiger partial charge is 0.347 e. The van der Waals surface area contributed by atoms with E-state index in [1.165, 1.54) is 12.1 Å². The fourth-order valence-corrected chi connectivity index (χ4v) is 3.01. The molecule has 0 saturated heterocycles. The summed E-state index contributed by atoms with van der Waals surface area (Å²) in [6.07, 6.45) is 2.40. The maximum Gasteiger partial charge on any atom is 0.246 e. The van der Waals surface area contributed by atoms with Crippen molar-refractivity contribution in [2.24, 2.45) is 0 Å².